The Labute approximate surface area is 171 Å². The number of hydrogen-bond acceptors (Lipinski definition) is 5. The number of rotatable bonds is 3. The van der Waals surface area contributed by atoms with Gasteiger partial charge in [-0.15, -0.1) is 10.2 Å². The predicted molar refractivity (Wildman–Crippen MR) is 105 cm³/mol. The third-order valence-corrected chi connectivity index (χ3v) is 5.87. The molecule has 1 aromatic heterocycles. The topological polar surface area (TPSA) is 88.3 Å². The summed E-state index contributed by atoms with van der Waals surface area (Å²) >= 11 is 6.17. The highest BCUT2D eigenvalue weighted by Gasteiger charge is 2.52. The molecule has 1 atom stereocenters. The largest absolute Gasteiger partial charge is 0.419 e. The van der Waals surface area contributed by atoms with Gasteiger partial charge in [0, 0.05) is 6.42 Å². The molecule has 1 unspecified atom stereocenters. The quantitative estimate of drug-likeness (QED) is 0.671. The number of urea groups is 1. The molecule has 8 heteroatoms. The lowest BCUT2D eigenvalue weighted by molar-refractivity contribution is -0.132. The summed E-state index contributed by atoms with van der Waals surface area (Å²) in [6, 6.07) is 14.7. The monoisotopic (exact) mass is 408 g/mol. The molecular weight excluding hydrogens is 392 g/mol. The van der Waals surface area contributed by atoms with Crippen molar-refractivity contribution in [3.05, 3.63) is 70.6 Å². The molecule has 0 saturated carbocycles. The van der Waals surface area contributed by atoms with Crippen LogP contribution >= 0.6 is 11.6 Å². The minimum Gasteiger partial charge on any atom is -0.419 e. The SMILES string of the molecule is O=C1NC2(CCc3ccccc3C2)C(=O)N1Cc1nnc(-c2ccccc2Cl)o1. The van der Waals surface area contributed by atoms with Crippen LogP contribution in [0.15, 0.2) is 52.9 Å². The summed E-state index contributed by atoms with van der Waals surface area (Å²) in [5.41, 5.74) is 2.01. The van der Waals surface area contributed by atoms with E-state index in [9.17, 15) is 9.59 Å². The summed E-state index contributed by atoms with van der Waals surface area (Å²) < 4.78 is 5.66. The van der Waals surface area contributed by atoms with Crippen molar-refractivity contribution in [3.63, 3.8) is 0 Å². The van der Waals surface area contributed by atoms with Crippen molar-refractivity contribution in [1.29, 1.82) is 0 Å². The average molecular weight is 409 g/mol. The Bertz CT molecular complexity index is 1130. The zero-order valence-electron chi connectivity index (χ0n) is 15.4. The second-order valence-corrected chi connectivity index (χ2v) is 7.74. The molecule has 2 aliphatic rings. The van der Waals surface area contributed by atoms with Gasteiger partial charge in [-0.05, 0) is 36.1 Å². The summed E-state index contributed by atoms with van der Waals surface area (Å²) in [5.74, 6) is 0.171. The number of benzene rings is 2. The smallest absolute Gasteiger partial charge is 0.325 e. The Morgan fingerprint density at radius 1 is 1.07 bits per heavy atom. The first kappa shape index (κ1) is 17.9. The van der Waals surface area contributed by atoms with Crippen molar-refractivity contribution in [1.82, 2.24) is 20.4 Å². The second kappa shape index (κ2) is 6.70. The number of nitrogens with zero attached hydrogens (tertiary/aromatic N) is 3. The number of hydrogen-bond donors (Lipinski definition) is 1. The molecular formula is C21H17ClN4O3. The first-order chi connectivity index (χ1) is 14.1. The molecule has 0 bridgehead atoms. The van der Waals surface area contributed by atoms with E-state index in [1.807, 2.05) is 24.3 Å². The van der Waals surface area contributed by atoms with E-state index in [2.05, 4.69) is 21.6 Å². The van der Waals surface area contributed by atoms with Crippen molar-refractivity contribution in [3.8, 4) is 11.5 Å². The highest BCUT2D eigenvalue weighted by atomic mass is 35.5. The van der Waals surface area contributed by atoms with Gasteiger partial charge < -0.3 is 9.73 Å². The Morgan fingerprint density at radius 3 is 2.66 bits per heavy atom. The highest BCUT2D eigenvalue weighted by molar-refractivity contribution is 6.33. The predicted octanol–water partition coefficient (Wildman–Crippen LogP) is 3.37. The minimum atomic E-state index is -0.906. The van der Waals surface area contributed by atoms with E-state index >= 15 is 0 Å². The van der Waals surface area contributed by atoms with E-state index in [1.54, 1.807) is 18.2 Å². The van der Waals surface area contributed by atoms with Crippen LogP contribution in [0.25, 0.3) is 11.5 Å². The van der Waals surface area contributed by atoms with Gasteiger partial charge in [0.1, 0.15) is 12.1 Å². The fourth-order valence-corrected chi connectivity index (χ4v) is 4.26. The highest BCUT2D eigenvalue weighted by Crippen LogP contribution is 2.34. The maximum atomic E-state index is 13.2. The van der Waals surface area contributed by atoms with Crippen molar-refractivity contribution >= 4 is 23.5 Å². The summed E-state index contributed by atoms with van der Waals surface area (Å²) in [4.78, 5) is 26.9. The van der Waals surface area contributed by atoms with Gasteiger partial charge in [0.05, 0.1) is 10.6 Å². The van der Waals surface area contributed by atoms with Crippen LogP contribution in [-0.2, 0) is 24.2 Å². The fourth-order valence-electron chi connectivity index (χ4n) is 4.04. The molecule has 1 N–H and O–H groups in total. The van der Waals surface area contributed by atoms with Gasteiger partial charge in [0.25, 0.3) is 5.91 Å². The van der Waals surface area contributed by atoms with E-state index in [1.165, 1.54) is 5.56 Å². The van der Waals surface area contributed by atoms with Crippen LogP contribution < -0.4 is 5.32 Å². The Kier molecular flexibility index (Phi) is 4.13. The lowest BCUT2D eigenvalue weighted by atomic mass is 9.78. The third kappa shape index (κ3) is 2.98. The van der Waals surface area contributed by atoms with E-state index in [0.717, 1.165) is 16.9 Å². The fraction of sp³-hybridized carbons (Fsp3) is 0.238. The number of aromatic nitrogens is 2. The van der Waals surface area contributed by atoms with Crippen LogP contribution in [0.2, 0.25) is 5.02 Å². The Morgan fingerprint density at radius 2 is 1.83 bits per heavy atom. The molecule has 1 aliphatic carbocycles. The van der Waals surface area contributed by atoms with Gasteiger partial charge in [-0.1, -0.05) is 48.0 Å². The van der Waals surface area contributed by atoms with Crippen LogP contribution in [0.1, 0.15) is 23.4 Å². The van der Waals surface area contributed by atoms with E-state index < -0.39 is 11.6 Å². The van der Waals surface area contributed by atoms with E-state index in [4.69, 9.17) is 16.0 Å². The van der Waals surface area contributed by atoms with Crippen LogP contribution in [0.4, 0.5) is 4.79 Å². The summed E-state index contributed by atoms with van der Waals surface area (Å²) in [5, 5.41) is 11.4. The molecule has 1 saturated heterocycles. The molecule has 1 aliphatic heterocycles. The minimum absolute atomic E-state index is 0.0779. The standard InChI is InChI=1S/C21H17ClN4O3/c22-16-8-4-3-7-15(16)18-25-24-17(29-18)12-26-19(27)21(23-20(26)28)10-9-13-5-1-2-6-14(13)11-21/h1-8H,9-12H2,(H,23,28). The molecule has 0 radical (unpaired) electrons. The van der Waals surface area contributed by atoms with Gasteiger partial charge in [0.15, 0.2) is 0 Å². The van der Waals surface area contributed by atoms with E-state index in [0.29, 0.717) is 23.4 Å². The van der Waals surface area contributed by atoms with Gasteiger partial charge in [-0.25, -0.2) is 4.79 Å². The number of fused-ring (bicyclic) bond motifs is 1. The van der Waals surface area contributed by atoms with Crippen LogP contribution in [0.3, 0.4) is 0 Å². The van der Waals surface area contributed by atoms with Crippen LogP contribution in [0.5, 0.6) is 0 Å². The lowest BCUT2D eigenvalue weighted by Gasteiger charge is -2.32. The van der Waals surface area contributed by atoms with E-state index in [-0.39, 0.29) is 24.2 Å². The van der Waals surface area contributed by atoms with Crippen LogP contribution in [0, 0.1) is 0 Å². The number of imide groups is 1. The maximum absolute atomic E-state index is 13.2. The Hall–Kier alpha value is -3.19. The summed E-state index contributed by atoms with van der Waals surface area (Å²) in [6.07, 6.45) is 1.80. The normalized spacial score (nSPS) is 20.8. The molecule has 1 fully saturated rings. The number of halogens is 1. The zero-order valence-corrected chi connectivity index (χ0v) is 16.1. The first-order valence-electron chi connectivity index (χ1n) is 9.34. The number of carbonyl (C=O) groups excluding carboxylic acids is 2. The number of nitrogens with one attached hydrogen (secondary N) is 1. The molecule has 2 aromatic carbocycles. The molecule has 3 aromatic rings. The van der Waals surface area contributed by atoms with Crippen molar-refractivity contribution in [2.24, 2.45) is 0 Å². The zero-order chi connectivity index (χ0) is 20.0. The lowest BCUT2D eigenvalue weighted by Crippen LogP contribution is -2.51. The Balaban J connectivity index is 1.38. The summed E-state index contributed by atoms with van der Waals surface area (Å²) in [6.45, 7) is -0.0779. The molecule has 29 heavy (non-hydrogen) atoms. The number of carbonyl (C=O) groups is 2. The average Bonchev–Trinajstić information content (AvgIpc) is 3.27. The molecule has 5 rings (SSSR count). The maximum Gasteiger partial charge on any atom is 0.325 e. The van der Waals surface area contributed by atoms with Gasteiger partial charge >= 0.3 is 6.03 Å². The van der Waals surface area contributed by atoms with Crippen molar-refractivity contribution < 1.29 is 14.0 Å². The molecule has 3 amide bonds. The van der Waals surface area contributed by atoms with Crippen LogP contribution in [-0.4, -0.2) is 32.6 Å². The van der Waals surface area contributed by atoms with Gasteiger partial charge in [0.2, 0.25) is 11.8 Å². The van der Waals surface area contributed by atoms with Crippen molar-refractivity contribution in [2.45, 2.75) is 31.3 Å². The van der Waals surface area contributed by atoms with Gasteiger partial charge in [-0.3, -0.25) is 9.69 Å². The van der Waals surface area contributed by atoms with Gasteiger partial charge in [-0.2, -0.15) is 0 Å². The molecule has 146 valence electrons. The summed E-state index contributed by atoms with van der Waals surface area (Å²) in [7, 11) is 0. The first-order valence-corrected chi connectivity index (χ1v) is 9.72. The number of aryl methyl sites for hydroxylation is 1. The second-order valence-electron chi connectivity index (χ2n) is 7.33. The third-order valence-electron chi connectivity index (χ3n) is 5.54. The van der Waals surface area contributed by atoms with Crippen molar-refractivity contribution in [2.75, 3.05) is 0 Å². The molecule has 1 spiro atoms. The molecule has 7 nitrogen and oxygen atoms in total. The molecule has 2 heterocycles. The number of amides is 3.